The summed E-state index contributed by atoms with van der Waals surface area (Å²) in [7, 11) is 0. The Morgan fingerprint density at radius 1 is 1.40 bits per heavy atom. The second kappa shape index (κ2) is 4.82. The average molecular weight is 210 g/mol. The molecule has 1 aliphatic carbocycles. The summed E-state index contributed by atoms with van der Waals surface area (Å²) in [5, 5.41) is 0. The molecule has 0 N–H and O–H groups in total. The molecule has 0 aromatic heterocycles. The second-order valence-electron chi connectivity index (χ2n) is 5.47. The van der Waals surface area contributed by atoms with Crippen LogP contribution in [-0.4, -0.2) is 12.1 Å². The number of hydrogen-bond acceptors (Lipinski definition) is 2. The Hall–Kier alpha value is -0.790. The number of allylic oxidation sites excluding steroid dienone is 1. The van der Waals surface area contributed by atoms with Gasteiger partial charge < -0.3 is 4.74 Å². The fourth-order valence-electron chi connectivity index (χ4n) is 2.69. The lowest BCUT2D eigenvalue weighted by atomic mass is 9.71. The molecule has 2 nitrogen and oxygen atoms in total. The summed E-state index contributed by atoms with van der Waals surface area (Å²) in [6.07, 6.45) is 6.54. The first-order valence-electron chi connectivity index (χ1n) is 5.76. The average Bonchev–Trinajstić information content (AvgIpc) is 1.99. The summed E-state index contributed by atoms with van der Waals surface area (Å²) in [6.45, 7) is 8.56. The van der Waals surface area contributed by atoms with E-state index in [1.165, 1.54) is 12.5 Å². The van der Waals surface area contributed by atoms with Crippen LogP contribution in [0.25, 0.3) is 0 Å². The van der Waals surface area contributed by atoms with Gasteiger partial charge >= 0.3 is 5.97 Å². The predicted molar refractivity (Wildman–Crippen MR) is 61.5 cm³/mol. The highest BCUT2D eigenvalue weighted by molar-refractivity contribution is 5.81. The van der Waals surface area contributed by atoms with Gasteiger partial charge in [0.1, 0.15) is 6.10 Å². The van der Waals surface area contributed by atoms with Crippen molar-refractivity contribution in [2.75, 3.05) is 0 Å². The lowest BCUT2D eigenvalue weighted by molar-refractivity contribution is -0.147. The monoisotopic (exact) mass is 210 g/mol. The molecule has 2 heteroatoms. The zero-order chi connectivity index (χ0) is 11.5. The molecule has 0 amide bonds. The fourth-order valence-corrected chi connectivity index (χ4v) is 2.69. The first-order chi connectivity index (χ1) is 6.93. The van der Waals surface area contributed by atoms with Gasteiger partial charge in [-0.25, -0.2) is 4.79 Å². The van der Waals surface area contributed by atoms with Gasteiger partial charge in [0.05, 0.1) is 0 Å². The van der Waals surface area contributed by atoms with Crippen LogP contribution in [0.15, 0.2) is 12.2 Å². The zero-order valence-corrected chi connectivity index (χ0v) is 10.2. The van der Waals surface area contributed by atoms with Gasteiger partial charge in [-0.1, -0.05) is 26.8 Å². The molecule has 0 aliphatic heterocycles. The Morgan fingerprint density at radius 3 is 2.60 bits per heavy atom. The summed E-state index contributed by atoms with van der Waals surface area (Å²) in [5.41, 5.74) is 0.304. The van der Waals surface area contributed by atoms with Gasteiger partial charge in [-0.15, -0.1) is 0 Å². The number of rotatable bonds is 2. The van der Waals surface area contributed by atoms with Crippen LogP contribution in [0.2, 0.25) is 0 Å². The first-order valence-corrected chi connectivity index (χ1v) is 5.76. The van der Waals surface area contributed by atoms with E-state index in [0.29, 0.717) is 11.3 Å². The highest BCUT2D eigenvalue weighted by Gasteiger charge is 2.33. The molecule has 1 saturated carbocycles. The Morgan fingerprint density at radius 2 is 2.07 bits per heavy atom. The maximum absolute atomic E-state index is 11.3. The quantitative estimate of drug-likeness (QED) is 0.516. The highest BCUT2D eigenvalue weighted by atomic mass is 16.5. The van der Waals surface area contributed by atoms with Crippen molar-refractivity contribution in [1.29, 1.82) is 0 Å². The summed E-state index contributed by atoms with van der Waals surface area (Å²) in [4.78, 5) is 11.3. The minimum Gasteiger partial charge on any atom is -0.459 e. The van der Waals surface area contributed by atoms with Crippen molar-refractivity contribution in [2.45, 2.75) is 53.1 Å². The molecule has 1 fully saturated rings. The molecule has 0 spiro atoms. The molecule has 0 radical (unpaired) electrons. The van der Waals surface area contributed by atoms with Crippen LogP contribution in [-0.2, 0) is 9.53 Å². The van der Waals surface area contributed by atoms with E-state index in [2.05, 4.69) is 20.8 Å². The summed E-state index contributed by atoms with van der Waals surface area (Å²) < 4.78 is 5.41. The Labute approximate surface area is 92.7 Å². The van der Waals surface area contributed by atoms with Crippen LogP contribution in [0.5, 0.6) is 0 Å². The van der Waals surface area contributed by atoms with Gasteiger partial charge in [-0.3, -0.25) is 0 Å². The molecule has 0 heterocycles. The van der Waals surface area contributed by atoms with Crippen LogP contribution >= 0.6 is 0 Å². The molecule has 1 aliphatic rings. The van der Waals surface area contributed by atoms with Crippen LogP contribution in [0, 0.1) is 11.3 Å². The van der Waals surface area contributed by atoms with E-state index in [4.69, 9.17) is 4.74 Å². The van der Waals surface area contributed by atoms with Gasteiger partial charge in [0.15, 0.2) is 0 Å². The van der Waals surface area contributed by atoms with Crippen molar-refractivity contribution in [3.05, 3.63) is 12.2 Å². The third kappa shape index (κ3) is 4.06. The molecule has 0 bridgehead atoms. The maximum atomic E-state index is 11.3. The third-order valence-corrected chi connectivity index (χ3v) is 2.93. The molecule has 86 valence electrons. The smallest absolute Gasteiger partial charge is 0.330 e. The van der Waals surface area contributed by atoms with E-state index < -0.39 is 0 Å². The van der Waals surface area contributed by atoms with Crippen LogP contribution in [0.1, 0.15) is 47.0 Å². The van der Waals surface area contributed by atoms with E-state index >= 15 is 0 Å². The summed E-state index contributed by atoms with van der Waals surface area (Å²) >= 11 is 0. The molecule has 1 rings (SSSR count). The lowest BCUT2D eigenvalue weighted by Crippen LogP contribution is -2.33. The zero-order valence-electron chi connectivity index (χ0n) is 10.2. The van der Waals surface area contributed by atoms with E-state index in [0.717, 1.165) is 12.8 Å². The normalized spacial score (nSPS) is 30.4. The van der Waals surface area contributed by atoms with Crippen molar-refractivity contribution in [3.63, 3.8) is 0 Å². The van der Waals surface area contributed by atoms with Gasteiger partial charge in [-0.05, 0) is 37.5 Å². The molecule has 0 aromatic rings. The minimum absolute atomic E-state index is 0.104. The Kier molecular flexibility index (Phi) is 3.95. The van der Waals surface area contributed by atoms with Gasteiger partial charge in [0.25, 0.3) is 0 Å². The van der Waals surface area contributed by atoms with E-state index in [1.54, 1.807) is 6.08 Å². The molecule has 0 aromatic carbocycles. The SMILES string of the molecule is C/C=C/C(=O)O[C@@H]1C[C@@H](C)CC(C)(C)C1. The van der Waals surface area contributed by atoms with Crippen molar-refractivity contribution < 1.29 is 9.53 Å². The van der Waals surface area contributed by atoms with Crippen molar-refractivity contribution in [3.8, 4) is 0 Å². The largest absolute Gasteiger partial charge is 0.459 e. The predicted octanol–water partition coefficient (Wildman–Crippen LogP) is 3.32. The topological polar surface area (TPSA) is 26.3 Å². The molecule has 0 unspecified atom stereocenters. The molecule has 2 atom stereocenters. The minimum atomic E-state index is -0.201. The van der Waals surface area contributed by atoms with Gasteiger partial charge in [0, 0.05) is 6.08 Å². The van der Waals surface area contributed by atoms with Crippen molar-refractivity contribution in [1.82, 2.24) is 0 Å². The summed E-state index contributed by atoms with van der Waals surface area (Å²) in [5.74, 6) is 0.449. The molecular formula is C13H22O2. The Balaban J connectivity index is 2.52. The van der Waals surface area contributed by atoms with Crippen LogP contribution < -0.4 is 0 Å². The molecule has 0 saturated heterocycles. The Bertz CT molecular complexity index is 253. The van der Waals surface area contributed by atoms with Crippen LogP contribution in [0.3, 0.4) is 0 Å². The number of ether oxygens (including phenoxy) is 1. The van der Waals surface area contributed by atoms with Crippen molar-refractivity contribution >= 4 is 5.97 Å². The maximum Gasteiger partial charge on any atom is 0.330 e. The number of carbonyl (C=O) groups is 1. The third-order valence-electron chi connectivity index (χ3n) is 2.93. The molecule has 15 heavy (non-hydrogen) atoms. The number of carbonyl (C=O) groups excluding carboxylic acids is 1. The van der Waals surface area contributed by atoms with E-state index in [1.807, 2.05) is 6.92 Å². The van der Waals surface area contributed by atoms with Crippen LogP contribution in [0.4, 0.5) is 0 Å². The lowest BCUT2D eigenvalue weighted by Gasteiger charge is -2.38. The second-order valence-corrected chi connectivity index (χ2v) is 5.47. The summed E-state index contributed by atoms with van der Waals surface area (Å²) in [6, 6.07) is 0. The number of esters is 1. The first kappa shape index (κ1) is 12.3. The van der Waals surface area contributed by atoms with Gasteiger partial charge in [-0.2, -0.15) is 0 Å². The van der Waals surface area contributed by atoms with E-state index in [9.17, 15) is 4.79 Å². The molecular weight excluding hydrogens is 188 g/mol. The van der Waals surface area contributed by atoms with Crippen molar-refractivity contribution in [2.24, 2.45) is 11.3 Å². The van der Waals surface area contributed by atoms with Gasteiger partial charge in [0.2, 0.25) is 0 Å². The standard InChI is InChI=1S/C13H22O2/c1-5-6-12(14)15-11-7-10(2)8-13(3,4)9-11/h5-6,10-11H,7-9H2,1-4H3/b6-5+/t10-,11-/m1/s1. The number of hydrogen-bond donors (Lipinski definition) is 0. The van der Waals surface area contributed by atoms with E-state index in [-0.39, 0.29) is 12.1 Å². The highest BCUT2D eigenvalue weighted by Crippen LogP contribution is 2.39. The fraction of sp³-hybridized carbons (Fsp3) is 0.769.